The molecule has 0 amide bonds. The summed E-state index contributed by atoms with van der Waals surface area (Å²) in [5.41, 5.74) is 1.93. The van der Waals surface area contributed by atoms with Crippen LogP contribution in [0.3, 0.4) is 0 Å². The third-order valence-electron chi connectivity index (χ3n) is 4.47. The first-order valence-corrected chi connectivity index (χ1v) is 7.51. The predicted molar refractivity (Wildman–Crippen MR) is 80.7 cm³/mol. The van der Waals surface area contributed by atoms with Crippen LogP contribution in [0.15, 0.2) is 30.6 Å². The van der Waals surface area contributed by atoms with E-state index in [-0.39, 0.29) is 5.82 Å². The SMILES string of the molecule is COC1CCC(n2ccnc2-c2ccc(F)cc2C)CC1. The Bertz CT molecular complexity index is 615. The minimum atomic E-state index is -0.199. The van der Waals surface area contributed by atoms with Crippen LogP contribution >= 0.6 is 0 Å². The lowest BCUT2D eigenvalue weighted by molar-refractivity contribution is 0.0586. The molecule has 3 nitrogen and oxygen atoms in total. The summed E-state index contributed by atoms with van der Waals surface area (Å²) in [7, 11) is 1.79. The molecule has 1 fully saturated rings. The molecule has 0 unspecified atom stereocenters. The van der Waals surface area contributed by atoms with Crippen LogP contribution in [0, 0.1) is 12.7 Å². The minimum absolute atomic E-state index is 0.199. The fourth-order valence-corrected chi connectivity index (χ4v) is 3.25. The van der Waals surface area contributed by atoms with E-state index < -0.39 is 0 Å². The van der Waals surface area contributed by atoms with Crippen LogP contribution in [-0.4, -0.2) is 22.8 Å². The Morgan fingerprint density at radius 2 is 2.00 bits per heavy atom. The Hall–Kier alpha value is -1.68. The summed E-state index contributed by atoms with van der Waals surface area (Å²) in [5.74, 6) is 0.739. The van der Waals surface area contributed by atoms with E-state index in [1.807, 2.05) is 25.4 Å². The van der Waals surface area contributed by atoms with Gasteiger partial charge in [0.25, 0.3) is 0 Å². The first kappa shape index (κ1) is 14.3. The average molecular weight is 288 g/mol. The first-order valence-electron chi connectivity index (χ1n) is 7.51. The molecule has 3 rings (SSSR count). The van der Waals surface area contributed by atoms with E-state index in [0.717, 1.165) is 42.6 Å². The van der Waals surface area contributed by atoms with E-state index in [1.54, 1.807) is 13.2 Å². The third-order valence-corrected chi connectivity index (χ3v) is 4.47. The fourth-order valence-electron chi connectivity index (χ4n) is 3.25. The number of nitrogens with zero attached hydrogens (tertiary/aromatic N) is 2. The number of ether oxygens (including phenoxy) is 1. The normalized spacial score (nSPS) is 22.4. The standard InChI is InChI=1S/C17H21FN2O/c1-12-11-13(18)3-8-16(12)17-19-9-10-20(17)14-4-6-15(21-2)7-5-14/h3,8-11,14-15H,4-7H2,1-2H3. The first-order chi connectivity index (χ1) is 10.2. The van der Waals surface area contributed by atoms with Crippen molar-refractivity contribution in [3.63, 3.8) is 0 Å². The number of imidazole rings is 1. The molecule has 112 valence electrons. The highest BCUT2D eigenvalue weighted by Gasteiger charge is 2.24. The van der Waals surface area contributed by atoms with E-state index >= 15 is 0 Å². The third kappa shape index (κ3) is 2.86. The van der Waals surface area contributed by atoms with Crippen molar-refractivity contribution in [2.24, 2.45) is 0 Å². The molecule has 0 radical (unpaired) electrons. The quantitative estimate of drug-likeness (QED) is 0.849. The Balaban J connectivity index is 1.87. The van der Waals surface area contributed by atoms with Crippen molar-refractivity contribution in [2.45, 2.75) is 44.8 Å². The number of rotatable bonds is 3. The molecule has 0 spiro atoms. The summed E-state index contributed by atoms with van der Waals surface area (Å²) in [5, 5.41) is 0. The number of aromatic nitrogens is 2. The van der Waals surface area contributed by atoms with Gasteiger partial charge in [0.05, 0.1) is 6.10 Å². The molecule has 4 heteroatoms. The van der Waals surface area contributed by atoms with Crippen LogP contribution in [0.25, 0.3) is 11.4 Å². The molecule has 0 bridgehead atoms. The second kappa shape index (κ2) is 5.98. The van der Waals surface area contributed by atoms with Crippen LogP contribution in [0.2, 0.25) is 0 Å². The van der Waals surface area contributed by atoms with Crippen LogP contribution in [-0.2, 0) is 4.74 Å². The summed E-state index contributed by atoms with van der Waals surface area (Å²) >= 11 is 0. The van der Waals surface area contributed by atoms with Crippen molar-refractivity contribution in [3.05, 3.63) is 42.0 Å². The Morgan fingerprint density at radius 1 is 1.24 bits per heavy atom. The van der Waals surface area contributed by atoms with Crippen LogP contribution < -0.4 is 0 Å². The van der Waals surface area contributed by atoms with Gasteiger partial charge in [0, 0.05) is 31.1 Å². The molecule has 0 atom stereocenters. The van der Waals surface area contributed by atoms with Crippen molar-refractivity contribution in [2.75, 3.05) is 7.11 Å². The van der Waals surface area contributed by atoms with Crippen LogP contribution in [0.1, 0.15) is 37.3 Å². The number of aryl methyl sites for hydroxylation is 1. The van der Waals surface area contributed by atoms with Crippen molar-refractivity contribution >= 4 is 0 Å². The zero-order chi connectivity index (χ0) is 14.8. The van der Waals surface area contributed by atoms with Crippen molar-refractivity contribution < 1.29 is 9.13 Å². The van der Waals surface area contributed by atoms with Crippen LogP contribution in [0.4, 0.5) is 4.39 Å². The molecule has 1 aromatic carbocycles. The van der Waals surface area contributed by atoms with Crippen molar-refractivity contribution in [1.82, 2.24) is 9.55 Å². The highest BCUT2D eigenvalue weighted by molar-refractivity contribution is 5.60. The topological polar surface area (TPSA) is 27.1 Å². The minimum Gasteiger partial charge on any atom is -0.381 e. The number of halogens is 1. The van der Waals surface area contributed by atoms with E-state index in [1.165, 1.54) is 6.07 Å². The van der Waals surface area contributed by atoms with Gasteiger partial charge in [0.15, 0.2) is 0 Å². The molecule has 1 heterocycles. The summed E-state index contributed by atoms with van der Waals surface area (Å²) < 4.78 is 21.0. The number of methoxy groups -OCH3 is 1. The van der Waals surface area contributed by atoms with E-state index in [4.69, 9.17) is 4.74 Å². The average Bonchev–Trinajstić information content (AvgIpc) is 2.96. The molecule has 0 N–H and O–H groups in total. The van der Waals surface area contributed by atoms with Gasteiger partial charge in [-0.15, -0.1) is 0 Å². The predicted octanol–water partition coefficient (Wildman–Crippen LogP) is 4.13. The zero-order valence-electron chi connectivity index (χ0n) is 12.6. The lowest BCUT2D eigenvalue weighted by Gasteiger charge is -2.29. The lowest BCUT2D eigenvalue weighted by Crippen LogP contribution is -2.22. The maximum absolute atomic E-state index is 13.3. The van der Waals surface area contributed by atoms with E-state index in [9.17, 15) is 4.39 Å². The van der Waals surface area contributed by atoms with Gasteiger partial charge in [-0.25, -0.2) is 9.37 Å². The van der Waals surface area contributed by atoms with Gasteiger partial charge in [0.2, 0.25) is 0 Å². The molecule has 2 aromatic rings. The molecule has 1 aliphatic rings. The summed E-state index contributed by atoms with van der Waals surface area (Å²) in [4.78, 5) is 4.50. The summed E-state index contributed by atoms with van der Waals surface area (Å²) in [6.07, 6.45) is 8.63. The van der Waals surface area contributed by atoms with Gasteiger partial charge in [-0.05, 0) is 56.4 Å². The highest BCUT2D eigenvalue weighted by atomic mass is 19.1. The summed E-state index contributed by atoms with van der Waals surface area (Å²) in [6.45, 7) is 1.93. The molecule has 1 saturated carbocycles. The van der Waals surface area contributed by atoms with Crippen molar-refractivity contribution in [1.29, 1.82) is 0 Å². The molecular weight excluding hydrogens is 267 g/mol. The molecule has 21 heavy (non-hydrogen) atoms. The maximum atomic E-state index is 13.3. The molecule has 1 aromatic heterocycles. The second-order valence-corrected chi connectivity index (χ2v) is 5.78. The Morgan fingerprint density at radius 3 is 2.67 bits per heavy atom. The van der Waals surface area contributed by atoms with Gasteiger partial charge in [0.1, 0.15) is 11.6 Å². The number of benzene rings is 1. The maximum Gasteiger partial charge on any atom is 0.140 e. The van der Waals surface area contributed by atoms with Crippen molar-refractivity contribution in [3.8, 4) is 11.4 Å². The molecule has 1 aliphatic carbocycles. The van der Waals surface area contributed by atoms with Gasteiger partial charge < -0.3 is 9.30 Å². The number of hydrogen-bond donors (Lipinski definition) is 0. The lowest BCUT2D eigenvalue weighted by atomic mass is 9.92. The van der Waals surface area contributed by atoms with Gasteiger partial charge >= 0.3 is 0 Å². The highest BCUT2D eigenvalue weighted by Crippen LogP contribution is 2.33. The summed E-state index contributed by atoms with van der Waals surface area (Å²) in [6, 6.07) is 5.35. The zero-order valence-corrected chi connectivity index (χ0v) is 12.6. The van der Waals surface area contributed by atoms with E-state index in [2.05, 4.69) is 9.55 Å². The molecular formula is C17H21FN2O. The fraction of sp³-hybridized carbons (Fsp3) is 0.471. The van der Waals surface area contributed by atoms with Gasteiger partial charge in [-0.2, -0.15) is 0 Å². The van der Waals surface area contributed by atoms with Gasteiger partial charge in [-0.3, -0.25) is 0 Å². The van der Waals surface area contributed by atoms with Crippen LogP contribution in [0.5, 0.6) is 0 Å². The molecule has 0 saturated heterocycles. The Kier molecular flexibility index (Phi) is 4.06. The Labute approximate surface area is 124 Å². The molecule has 0 aliphatic heterocycles. The number of hydrogen-bond acceptors (Lipinski definition) is 2. The second-order valence-electron chi connectivity index (χ2n) is 5.78. The van der Waals surface area contributed by atoms with Gasteiger partial charge in [-0.1, -0.05) is 0 Å². The monoisotopic (exact) mass is 288 g/mol. The van der Waals surface area contributed by atoms with E-state index in [0.29, 0.717) is 12.1 Å². The largest absolute Gasteiger partial charge is 0.381 e. The smallest absolute Gasteiger partial charge is 0.140 e.